The highest BCUT2D eigenvalue weighted by molar-refractivity contribution is 5.71. The predicted molar refractivity (Wildman–Crippen MR) is 289 cm³/mol. The van der Waals surface area contributed by atoms with Gasteiger partial charge in [-0.05, 0) is 103 Å². The largest absolute Gasteiger partial charge is 0.462 e. The molecule has 0 bridgehead atoms. The minimum atomic E-state index is -0.780. The standard InChI is InChI=1S/C61H110O6/c1-4-7-10-13-16-19-22-25-28-30-33-36-39-42-45-48-51-54-60(63)66-57-58(56-65-59(62)53-50-47-44-41-38-35-32-27-24-21-18-15-12-9-6-3)67-61(64)55-52-49-46-43-40-37-34-31-29-26-23-20-17-14-11-8-5-2/h16,19,21,24-26,28-29,58H,4-15,17-18,20,22-23,27,30-57H2,1-3H3/b19-16+,24-21+,28-25+,29-26+/t58-/m1/s1. The van der Waals surface area contributed by atoms with Gasteiger partial charge < -0.3 is 14.2 Å². The van der Waals surface area contributed by atoms with Crippen LogP contribution in [0.4, 0.5) is 0 Å². The van der Waals surface area contributed by atoms with E-state index >= 15 is 0 Å². The first-order chi connectivity index (χ1) is 33.0. The van der Waals surface area contributed by atoms with Crippen LogP contribution in [-0.2, 0) is 28.6 Å². The van der Waals surface area contributed by atoms with Gasteiger partial charge in [-0.25, -0.2) is 0 Å². The molecule has 0 aliphatic heterocycles. The number of unbranched alkanes of at least 4 members (excludes halogenated alkanes) is 34. The van der Waals surface area contributed by atoms with E-state index in [2.05, 4.69) is 69.4 Å². The number of carbonyl (C=O) groups excluding carboxylic acids is 3. The number of esters is 3. The van der Waals surface area contributed by atoms with Gasteiger partial charge in [-0.1, -0.05) is 230 Å². The maximum Gasteiger partial charge on any atom is 0.306 e. The molecule has 0 rings (SSSR count). The Morgan fingerprint density at radius 3 is 0.881 bits per heavy atom. The monoisotopic (exact) mass is 939 g/mol. The lowest BCUT2D eigenvalue weighted by Crippen LogP contribution is -2.30. The van der Waals surface area contributed by atoms with Crippen LogP contribution in [0, 0.1) is 0 Å². The van der Waals surface area contributed by atoms with Crippen molar-refractivity contribution < 1.29 is 28.6 Å². The maximum absolute atomic E-state index is 12.9. The molecule has 0 N–H and O–H groups in total. The lowest BCUT2D eigenvalue weighted by molar-refractivity contribution is -0.167. The summed E-state index contributed by atoms with van der Waals surface area (Å²) in [5.41, 5.74) is 0. The van der Waals surface area contributed by atoms with Crippen molar-refractivity contribution in [3.05, 3.63) is 48.6 Å². The zero-order chi connectivity index (χ0) is 48.6. The number of allylic oxidation sites excluding steroid dienone is 8. The molecule has 67 heavy (non-hydrogen) atoms. The van der Waals surface area contributed by atoms with Gasteiger partial charge in [0.15, 0.2) is 6.10 Å². The molecular weight excluding hydrogens is 829 g/mol. The molecule has 0 aromatic carbocycles. The summed E-state index contributed by atoms with van der Waals surface area (Å²) in [5, 5.41) is 0. The molecule has 6 heteroatoms. The van der Waals surface area contributed by atoms with Crippen LogP contribution in [0.1, 0.15) is 303 Å². The number of ether oxygens (including phenoxy) is 3. The second-order valence-corrected chi connectivity index (χ2v) is 19.5. The van der Waals surface area contributed by atoms with Gasteiger partial charge in [0.25, 0.3) is 0 Å². The topological polar surface area (TPSA) is 78.9 Å². The van der Waals surface area contributed by atoms with Crippen molar-refractivity contribution in [2.45, 2.75) is 309 Å². The Morgan fingerprint density at radius 1 is 0.299 bits per heavy atom. The van der Waals surface area contributed by atoms with E-state index < -0.39 is 6.10 Å². The highest BCUT2D eigenvalue weighted by Crippen LogP contribution is 2.15. The van der Waals surface area contributed by atoms with Gasteiger partial charge in [-0.2, -0.15) is 0 Å². The Morgan fingerprint density at radius 2 is 0.537 bits per heavy atom. The molecule has 0 aliphatic carbocycles. The summed E-state index contributed by atoms with van der Waals surface area (Å²) in [5.74, 6) is -0.881. The quantitative estimate of drug-likeness (QED) is 0.0262. The average molecular weight is 940 g/mol. The summed E-state index contributed by atoms with van der Waals surface area (Å²) < 4.78 is 16.9. The highest BCUT2D eigenvalue weighted by atomic mass is 16.6. The van der Waals surface area contributed by atoms with Crippen molar-refractivity contribution in [2.24, 2.45) is 0 Å². The van der Waals surface area contributed by atoms with Crippen LogP contribution in [-0.4, -0.2) is 37.2 Å². The van der Waals surface area contributed by atoms with E-state index in [1.807, 2.05) is 0 Å². The fraction of sp³-hybridized carbons (Fsp3) is 0.820. The molecule has 0 saturated heterocycles. The third-order valence-electron chi connectivity index (χ3n) is 12.8. The summed E-state index contributed by atoms with van der Waals surface area (Å²) in [7, 11) is 0. The number of hydrogen-bond acceptors (Lipinski definition) is 6. The van der Waals surface area contributed by atoms with Crippen molar-refractivity contribution in [3.8, 4) is 0 Å². The molecule has 0 fully saturated rings. The van der Waals surface area contributed by atoms with Gasteiger partial charge in [0.1, 0.15) is 13.2 Å². The zero-order valence-electron chi connectivity index (χ0n) is 44.7. The molecule has 0 unspecified atom stereocenters. The number of hydrogen-bond donors (Lipinski definition) is 0. The maximum atomic E-state index is 12.9. The molecule has 0 spiro atoms. The molecule has 0 amide bonds. The second-order valence-electron chi connectivity index (χ2n) is 19.5. The molecular formula is C61H110O6. The number of rotatable bonds is 53. The van der Waals surface area contributed by atoms with E-state index in [-0.39, 0.29) is 31.1 Å². The Kier molecular flexibility index (Phi) is 53.8. The van der Waals surface area contributed by atoms with Crippen LogP contribution >= 0.6 is 0 Å². The lowest BCUT2D eigenvalue weighted by Gasteiger charge is -2.18. The van der Waals surface area contributed by atoms with E-state index in [9.17, 15) is 14.4 Å². The second kappa shape index (κ2) is 56.0. The Hall–Kier alpha value is -2.63. The molecule has 1 atom stereocenters. The fourth-order valence-electron chi connectivity index (χ4n) is 8.35. The van der Waals surface area contributed by atoms with E-state index in [1.165, 1.54) is 193 Å². The van der Waals surface area contributed by atoms with E-state index in [0.717, 1.165) is 70.6 Å². The highest BCUT2D eigenvalue weighted by Gasteiger charge is 2.19. The molecule has 0 radical (unpaired) electrons. The lowest BCUT2D eigenvalue weighted by atomic mass is 10.1. The molecule has 6 nitrogen and oxygen atoms in total. The minimum absolute atomic E-state index is 0.0781. The van der Waals surface area contributed by atoms with Gasteiger partial charge in [-0.15, -0.1) is 0 Å². The van der Waals surface area contributed by atoms with Gasteiger partial charge in [0.05, 0.1) is 0 Å². The van der Waals surface area contributed by atoms with Gasteiger partial charge >= 0.3 is 17.9 Å². The first-order valence-corrected chi connectivity index (χ1v) is 29.1. The van der Waals surface area contributed by atoms with Gasteiger partial charge in [-0.3, -0.25) is 14.4 Å². The van der Waals surface area contributed by atoms with E-state index in [4.69, 9.17) is 14.2 Å². The molecule has 0 aromatic heterocycles. The van der Waals surface area contributed by atoms with Crippen LogP contribution in [0.15, 0.2) is 48.6 Å². The van der Waals surface area contributed by atoms with Gasteiger partial charge in [0, 0.05) is 19.3 Å². The van der Waals surface area contributed by atoms with Crippen molar-refractivity contribution in [1.82, 2.24) is 0 Å². The van der Waals surface area contributed by atoms with Crippen molar-refractivity contribution in [1.29, 1.82) is 0 Å². The average Bonchev–Trinajstić information content (AvgIpc) is 3.33. The summed E-state index contributed by atoms with van der Waals surface area (Å²) in [6.45, 7) is 6.62. The predicted octanol–water partition coefficient (Wildman–Crippen LogP) is 19.4. The van der Waals surface area contributed by atoms with Crippen LogP contribution in [0.5, 0.6) is 0 Å². The minimum Gasteiger partial charge on any atom is -0.462 e. The van der Waals surface area contributed by atoms with Crippen molar-refractivity contribution in [3.63, 3.8) is 0 Å². The Labute approximate surface area is 416 Å². The first kappa shape index (κ1) is 64.4. The van der Waals surface area contributed by atoms with Crippen LogP contribution in [0.25, 0.3) is 0 Å². The summed E-state index contributed by atoms with van der Waals surface area (Å²) in [6, 6.07) is 0. The molecule has 0 saturated carbocycles. The smallest absolute Gasteiger partial charge is 0.306 e. The van der Waals surface area contributed by atoms with E-state index in [1.54, 1.807) is 0 Å². The summed E-state index contributed by atoms with van der Waals surface area (Å²) in [6.07, 6.45) is 68.1. The summed E-state index contributed by atoms with van der Waals surface area (Å²) in [4.78, 5) is 38.2. The number of carbonyl (C=O) groups is 3. The Bertz CT molecular complexity index is 1170. The first-order valence-electron chi connectivity index (χ1n) is 29.1. The van der Waals surface area contributed by atoms with Crippen molar-refractivity contribution >= 4 is 17.9 Å². The molecule has 0 aromatic rings. The third kappa shape index (κ3) is 54.2. The zero-order valence-corrected chi connectivity index (χ0v) is 44.7. The molecule has 0 aliphatic rings. The normalized spacial score (nSPS) is 12.3. The SMILES string of the molecule is CCCCC/C=C/C/C=C/CCCCCCCCCC(=O)OC[C@@H](COC(=O)CCCCCCCCC/C=C/CCCCCC)OC(=O)CCCCCCCCC/C=C/CCCCCCCC. The van der Waals surface area contributed by atoms with Crippen LogP contribution in [0.3, 0.4) is 0 Å². The Balaban J connectivity index is 4.38. The van der Waals surface area contributed by atoms with Crippen LogP contribution in [0.2, 0.25) is 0 Å². The molecule has 0 heterocycles. The molecule has 390 valence electrons. The van der Waals surface area contributed by atoms with Crippen molar-refractivity contribution in [2.75, 3.05) is 13.2 Å². The van der Waals surface area contributed by atoms with E-state index in [0.29, 0.717) is 19.3 Å². The van der Waals surface area contributed by atoms with Gasteiger partial charge in [0.2, 0.25) is 0 Å². The fourth-order valence-corrected chi connectivity index (χ4v) is 8.35. The van der Waals surface area contributed by atoms with Crippen LogP contribution < -0.4 is 0 Å². The summed E-state index contributed by atoms with van der Waals surface area (Å²) >= 11 is 0. The third-order valence-corrected chi connectivity index (χ3v) is 12.8.